The van der Waals surface area contributed by atoms with Gasteiger partial charge in [-0.05, 0) is 48.3 Å². The van der Waals surface area contributed by atoms with E-state index >= 15 is 0 Å². The molecule has 2 rings (SSSR count). The maximum Gasteiger partial charge on any atom is 0.361 e. The zero-order chi connectivity index (χ0) is 18.9. The largest absolute Gasteiger partial charge is 0.462 e. The molecule has 0 amide bonds. The van der Waals surface area contributed by atoms with Gasteiger partial charge in [-0.2, -0.15) is 0 Å². The van der Waals surface area contributed by atoms with Crippen molar-refractivity contribution in [2.24, 2.45) is 22.7 Å². The maximum absolute atomic E-state index is 12.0. The Bertz CT molecular complexity index is 472. The van der Waals surface area contributed by atoms with Crippen LogP contribution in [0.5, 0.6) is 0 Å². The van der Waals surface area contributed by atoms with Crippen molar-refractivity contribution in [3.8, 4) is 0 Å². The van der Waals surface area contributed by atoms with Gasteiger partial charge in [-0.15, -0.1) is 0 Å². The molecule has 4 nitrogen and oxygen atoms in total. The number of nitrogens with zero attached hydrogens (tertiary/aromatic N) is 1. The van der Waals surface area contributed by atoms with E-state index in [4.69, 9.17) is 9.47 Å². The molecule has 146 valence electrons. The summed E-state index contributed by atoms with van der Waals surface area (Å²) in [5, 5.41) is 0. The monoisotopic (exact) mass is 354 g/mol. The normalized spacial score (nSPS) is 30.9. The minimum Gasteiger partial charge on any atom is -0.462 e. The van der Waals surface area contributed by atoms with Crippen LogP contribution in [-0.2, 0) is 14.3 Å². The first-order valence-electron chi connectivity index (χ1n) is 10.1. The first kappa shape index (κ1) is 20.7. The van der Waals surface area contributed by atoms with Crippen LogP contribution in [0.4, 0.5) is 0 Å². The van der Waals surface area contributed by atoms with Crippen molar-refractivity contribution in [1.29, 1.82) is 0 Å². The Morgan fingerprint density at radius 1 is 1.20 bits per heavy atom. The Balaban J connectivity index is 1.73. The molecule has 3 atom stereocenters. The molecule has 2 bridgehead atoms. The van der Waals surface area contributed by atoms with Crippen LogP contribution in [0, 0.1) is 22.7 Å². The van der Waals surface area contributed by atoms with E-state index in [0.717, 1.165) is 25.5 Å². The minimum absolute atomic E-state index is 0.0985. The molecule has 0 N–H and O–H groups in total. The SMILES string of the molecule is CC(C)CCOC(=O)C[N+](C)(C)CCO[C@H]1C[C@@H]2CC[C@]1(C)C2(C)C. The van der Waals surface area contributed by atoms with Gasteiger partial charge in [-0.3, -0.25) is 0 Å². The average molecular weight is 355 g/mol. The number of hydrogen-bond acceptors (Lipinski definition) is 3. The Hall–Kier alpha value is -0.610. The van der Waals surface area contributed by atoms with Crippen LogP contribution in [0.1, 0.15) is 60.3 Å². The first-order valence-corrected chi connectivity index (χ1v) is 10.1. The van der Waals surface area contributed by atoms with Gasteiger partial charge in [0.2, 0.25) is 0 Å². The van der Waals surface area contributed by atoms with Gasteiger partial charge in [0, 0.05) is 0 Å². The Labute approximate surface area is 154 Å². The van der Waals surface area contributed by atoms with Gasteiger partial charge in [0.25, 0.3) is 0 Å². The zero-order valence-electron chi connectivity index (χ0n) is 17.6. The maximum atomic E-state index is 12.0. The molecule has 0 spiro atoms. The summed E-state index contributed by atoms with van der Waals surface area (Å²) in [6, 6.07) is 0. The molecule has 0 aromatic heterocycles. The van der Waals surface area contributed by atoms with Crippen molar-refractivity contribution in [1.82, 2.24) is 0 Å². The summed E-state index contributed by atoms with van der Waals surface area (Å²) in [5.41, 5.74) is 0.701. The predicted molar refractivity (Wildman–Crippen MR) is 101 cm³/mol. The molecule has 0 aliphatic heterocycles. The van der Waals surface area contributed by atoms with Crippen molar-refractivity contribution >= 4 is 5.97 Å². The second-order valence-corrected chi connectivity index (χ2v) is 10.2. The second kappa shape index (κ2) is 7.56. The summed E-state index contributed by atoms with van der Waals surface area (Å²) >= 11 is 0. The van der Waals surface area contributed by atoms with Gasteiger partial charge >= 0.3 is 5.97 Å². The van der Waals surface area contributed by atoms with Gasteiger partial charge in [0.05, 0.1) is 33.4 Å². The highest BCUT2D eigenvalue weighted by atomic mass is 16.5. The first-order chi connectivity index (χ1) is 11.5. The lowest BCUT2D eigenvalue weighted by atomic mass is 9.70. The number of carbonyl (C=O) groups is 1. The molecular formula is C21H40NO3+. The van der Waals surface area contributed by atoms with Crippen LogP contribution in [0.15, 0.2) is 0 Å². The molecule has 0 heterocycles. The highest BCUT2D eigenvalue weighted by Crippen LogP contribution is 2.66. The quantitative estimate of drug-likeness (QED) is 0.465. The van der Waals surface area contributed by atoms with Crippen LogP contribution in [-0.4, -0.2) is 57.0 Å². The number of carbonyl (C=O) groups excluding carboxylic acids is 1. The van der Waals surface area contributed by atoms with Crippen molar-refractivity contribution < 1.29 is 18.8 Å². The predicted octanol–water partition coefficient (Wildman–Crippen LogP) is 3.88. The fourth-order valence-electron chi connectivity index (χ4n) is 4.71. The fraction of sp³-hybridized carbons (Fsp3) is 0.952. The summed E-state index contributed by atoms with van der Waals surface area (Å²) < 4.78 is 12.3. The van der Waals surface area contributed by atoms with Gasteiger partial charge in [0.15, 0.2) is 6.54 Å². The molecule has 2 aliphatic carbocycles. The van der Waals surface area contributed by atoms with Crippen molar-refractivity contribution in [3.63, 3.8) is 0 Å². The zero-order valence-corrected chi connectivity index (χ0v) is 17.6. The summed E-state index contributed by atoms with van der Waals surface area (Å²) in [6.45, 7) is 14.0. The summed E-state index contributed by atoms with van der Waals surface area (Å²) in [7, 11) is 4.17. The van der Waals surface area contributed by atoms with E-state index in [1.165, 1.54) is 19.3 Å². The van der Waals surface area contributed by atoms with E-state index in [0.29, 0.717) is 40.5 Å². The van der Waals surface area contributed by atoms with Crippen LogP contribution in [0.2, 0.25) is 0 Å². The van der Waals surface area contributed by atoms with Crippen LogP contribution < -0.4 is 0 Å². The Kier molecular flexibility index (Phi) is 6.26. The molecular weight excluding hydrogens is 314 g/mol. The van der Waals surface area contributed by atoms with E-state index in [-0.39, 0.29) is 5.97 Å². The Morgan fingerprint density at radius 2 is 1.88 bits per heavy atom. The number of esters is 1. The van der Waals surface area contributed by atoms with Crippen molar-refractivity contribution in [2.75, 3.05) is 40.4 Å². The number of likely N-dealkylation sites (N-methyl/N-ethyl adjacent to an activating group) is 1. The third-order valence-electron chi connectivity index (χ3n) is 7.24. The van der Waals surface area contributed by atoms with Crippen molar-refractivity contribution in [3.05, 3.63) is 0 Å². The van der Waals surface area contributed by atoms with E-state index in [1.54, 1.807) is 0 Å². The van der Waals surface area contributed by atoms with E-state index < -0.39 is 0 Å². The number of fused-ring (bicyclic) bond motifs is 2. The van der Waals surface area contributed by atoms with Crippen LogP contribution in [0.3, 0.4) is 0 Å². The van der Waals surface area contributed by atoms with E-state index in [2.05, 4.69) is 48.7 Å². The topological polar surface area (TPSA) is 35.5 Å². The fourth-order valence-corrected chi connectivity index (χ4v) is 4.71. The third kappa shape index (κ3) is 4.57. The van der Waals surface area contributed by atoms with E-state index in [1.807, 2.05) is 0 Å². The summed E-state index contributed by atoms with van der Waals surface area (Å²) in [5.74, 6) is 1.27. The molecule has 2 fully saturated rings. The molecule has 0 saturated heterocycles. The lowest BCUT2D eigenvalue weighted by Crippen LogP contribution is -2.47. The molecule has 2 saturated carbocycles. The molecule has 0 radical (unpaired) electrons. The lowest BCUT2D eigenvalue weighted by molar-refractivity contribution is -0.883. The third-order valence-corrected chi connectivity index (χ3v) is 7.24. The summed E-state index contributed by atoms with van der Waals surface area (Å²) in [4.78, 5) is 12.0. The molecule has 0 unspecified atom stereocenters. The number of rotatable bonds is 9. The summed E-state index contributed by atoms with van der Waals surface area (Å²) in [6.07, 6.45) is 5.15. The average Bonchev–Trinajstić information content (AvgIpc) is 2.79. The standard InChI is InChI=1S/C21H40NO3/c1-16(2)9-12-25-19(23)15-22(6,7)11-13-24-18-14-17-8-10-21(18,5)20(17,3)4/h16-18H,8-15H2,1-7H3/q+1/t17-,18-,21-/m0/s1. The Morgan fingerprint density at radius 3 is 2.40 bits per heavy atom. The van der Waals surface area contributed by atoms with Crippen LogP contribution >= 0.6 is 0 Å². The molecule has 0 aromatic rings. The number of quaternary nitrogens is 1. The highest BCUT2D eigenvalue weighted by molar-refractivity contribution is 5.70. The van der Waals surface area contributed by atoms with Gasteiger partial charge in [-0.25, -0.2) is 4.79 Å². The molecule has 2 aliphatic rings. The highest BCUT2D eigenvalue weighted by Gasteiger charge is 2.61. The number of hydrogen-bond donors (Lipinski definition) is 0. The molecule has 4 heteroatoms. The number of ether oxygens (including phenoxy) is 2. The van der Waals surface area contributed by atoms with E-state index in [9.17, 15) is 4.79 Å². The van der Waals surface area contributed by atoms with Crippen molar-refractivity contribution in [2.45, 2.75) is 66.4 Å². The van der Waals surface area contributed by atoms with Gasteiger partial charge in [0.1, 0.15) is 6.54 Å². The second-order valence-electron chi connectivity index (χ2n) is 10.2. The van der Waals surface area contributed by atoms with Crippen LogP contribution in [0.25, 0.3) is 0 Å². The van der Waals surface area contributed by atoms with Gasteiger partial charge < -0.3 is 14.0 Å². The van der Waals surface area contributed by atoms with Gasteiger partial charge in [-0.1, -0.05) is 34.6 Å². The molecule has 0 aromatic carbocycles. The molecule has 25 heavy (non-hydrogen) atoms. The minimum atomic E-state index is -0.0985. The smallest absolute Gasteiger partial charge is 0.361 e. The lowest BCUT2D eigenvalue weighted by Gasteiger charge is -2.39.